The van der Waals surface area contributed by atoms with Crippen molar-refractivity contribution in [1.82, 2.24) is 4.90 Å². The summed E-state index contributed by atoms with van der Waals surface area (Å²) < 4.78 is 0. The normalized spacial score (nSPS) is 17.2. The highest BCUT2D eigenvalue weighted by atomic mass is 16.2. The summed E-state index contributed by atoms with van der Waals surface area (Å²) in [5.41, 5.74) is 0. The average molecular weight is 169 g/mol. The highest BCUT2D eigenvalue weighted by Gasteiger charge is 2.33. The van der Waals surface area contributed by atoms with Gasteiger partial charge in [0.05, 0.1) is 0 Å². The van der Waals surface area contributed by atoms with E-state index in [2.05, 4.69) is 0 Å². The van der Waals surface area contributed by atoms with E-state index in [4.69, 9.17) is 0 Å². The fourth-order valence-electron chi connectivity index (χ4n) is 1.18. The molecule has 0 saturated carbocycles. The molecule has 0 aromatic rings. The van der Waals surface area contributed by atoms with Crippen LogP contribution < -0.4 is 0 Å². The lowest BCUT2D eigenvalue weighted by Gasteiger charge is -2.09. The van der Waals surface area contributed by atoms with Crippen LogP contribution in [0, 0.1) is 0 Å². The summed E-state index contributed by atoms with van der Waals surface area (Å²) in [5.74, 6) is -1.05. The first kappa shape index (κ1) is 8.90. The van der Waals surface area contributed by atoms with Gasteiger partial charge in [-0.05, 0) is 6.42 Å². The molecule has 0 aromatic heterocycles. The summed E-state index contributed by atoms with van der Waals surface area (Å²) in [7, 11) is 0. The summed E-state index contributed by atoms with van der Waals surface area (Å²) in [6.07, 6.45) is 1.32. The fraction of sp³-hybridized carbons (Fsp3) is 0.625. The van der Waals surface area contributed by atoms with E-state index in [1.807, 2.05) is 6.92 Å². The van der Waals surface area contributed by atoms with Gasteiger partial charge >= 0.3 is 0 Å². The number of nitrogens with zero attached hydrogens (tertiary/aromatic N) is 1. The molecule has 0 radical (unpaired) electrons. The molecule has 0 spiro atoms. The molecule has 0 bridgehead atoms. The van der Waals surface area contributed by atoms with Gasteiger partial charge in [0.25, 0.3) is 0 Å². The zero-order chi connectivity index (χ0) is 9.14. The van der Waals surface area contributed by atoms with Gasteiger partial charge in [-0.25, -0.2) is 4.90 Å². The molecule has 0 aliphatic carbocycles. The van der Waals surface area contributed by atoms with Crippen LogP contribution >= 0.6 is 0 Å². The molecule has 1 saturated heterocycles. The van der Waals surface area contributed by atoms with E-state index >= 15 is 0 Å². The molecule has 66 valence electrons. The first-order valence-electron chi connectivity index (χ1n) is 4.05. The third kappa shape index (κ3) is 1.52. The van der Waals surface area contributed by atoms with Gasteiger partial charge < -0.3 is 0 Å². The van der Waals surface area contributed by atoms with E-state index < -0.39 is 0 Å². The van der Waals surface area contributed by atoms with E-state index in [9.17, 15) is 14.4 Å². The van der Waals surface area contributed by atoms with Gasteiger partial charge in [0, 0.05) is 19.3 Å². The van der Waals surface area contributed by atoms with Crippen LogP contribution in [0.5, 0.6) is 0 Å². The van der Waals surface area contributed by atoms with Crippen molar-refractivity contribution in [2.45, 2.75) is 32.6 Å². The van der Waals surface area contributed by atoms with Gasteiger partial charge in [0.15, 0.2) is 0 Å². The summed E-state index contributed by atoms with van der Waals surface area (Å²) in [6, 6.07) is 0. The molecule has 1 heterocycles. The standard InChI is InChI=1S/C8H11NO3/c1-2-3-6(10)9-7(11)4-5-8(9)12/h2-5H2,1H3. The maximum Gasteiger partial charge on any atom is 0.236 e. The lowest BCUT2D eigenvalue weighted by atomic mass is 10.3. The van der Waals surface area contributed by atoms with E-state index in [1.165, 1.54) is 0 Å². The largest absolute Gasteiger partial charge is 0.274 e. The highest BCUT2D eigenvalue weighted by molar-refractivity contribution is 6.14. The Kier molecular flexibility index (Phi) is 2.58. The Balaban J connectivity index is 2.66. The van der Waals surface area contributed by atoms with Crippen LogP contribution in [-0.4, -0.2) is 22.6 Å². The summed E-state index contributed by atoms with van der Waals surface area (Å²) in [6.45, 7) is 1.84. The Labute approximate surface area is 70.5 Å². The predicted molar refractivity (Wildman–Crippen MR) is 41.0 cm³/mol. The van der Waals surface area contributed by atoms with E-state index in [1.54, 1.807) is 0 Å². The van der Waals surface area contributed by atoms with Crippen molar-refractivity contribution in [1.29, 1.82) is 0 Å². The van der Waals surface area contributed by atoms with Crippen LogP contribution in [0.1, 0.15) is 32.6 Å². The maximum absolute atomic E-state index is 11.2. The zero-order valence-corrected chi connectivity index (χ0v) is 7.00. The minimum atomic E-state index is -0.356. The van der Waals surface area contributed by atoms with Gasteiger partial charge in [-0.3, -0.25) is 14.4 Å². The Morgan fingerprint density at radius 2 is 1.83 bits per heavy atom. The van der Waals surface area contributed by atoms with Crippen LogP contribution in [0.4, 0.5) is 0 Å². The first-order chi connectivity index (χ1) is 5.66. The van der Waals surface area contributed by atoms with Crippen molar-refractivity contribution >= 4 is 17.7 Å². The van der Waals surface area contributed by atoms with Crippen molar-refractivity contribution in [2.75, 3.05) is 0 Å². The minimum absolute atomic E-state index is 0.189. The van der Waals surface area contributed by atoms with Crippen LogP contribution in [0.25, 0.3) is 0 Å². The molecule has 4 nitrogen and oxygen atoms in total. The van der Waals surface area contributed by atoms with Crippen LogP contribution in [0.2, 0.25) is 0 Å². The lowest BCUT2D eigenvalue weighted by Crippen LogP contribution is -2.35. The van der Waals surface area contributed by atoms with Crippen molar-refractivity contribution in [2.24, 2.45) is 0 Å². The number of likely N-dealkylation sites (tertiary alicyclic amines) is 1. The molecule has 1 rings (SSSR count). The first-order valence-corrected chi connectivity index (χ1v) is 4.05. The molecule has 0 atom stereocenters. The fourth-order valence-corrected chi connectivity index (χ4v) is 1.18. The van der Waals surface area contributed by atoms with Gasteiger partial charge in [-0.15, -0.1) is 0 Å². The van der Waals surface area contributed by atoms with Crippen molar-refractivity contribution in [3.8, 4) is 0 Å². The second-order valence-corrected chi connectivity index (χ2v) is 2.77. The third-order valence-electron chi connectivity index (χ3n) is 1.76. The molecule has 12 heavy (non-hydrogen) atoms. The molecule has 0 aromatic carbocycles. The Bertz CT molecular complexity index is 218. The number of carbonyl (C=O) groups excluding carboxylic acids is 3. The summed E-state index contributed by atoms with van der Waals surface area (Å²) in [5, 5.41) is 0. The Morgan fingerprint density at radius 3 is 2.25 bits per heavy atom. The number of amides is 3. The Hall–Kier alpha value is -1.19. The number of rotatable bonds is 2. The van der Waals surface area contributed by atoms with E-state index in [-0.39, 0.29) is 37.0 Å². The topological polar surface area (TPSA) is 54.5 Å². The monoisotopic (exact) mass is 169 g/mol. The van der Waals surface area contributed by atoms with Gasteiger partial charge in [-0.1, -0.05) is 6.92 Å². The van der Waals surface area contributed by atoms with E-state index in [0.717, 1.165) is 4.90 Å². The highest BCUT2D eigenvalue weighted by Crippen LogP contribution is 2.13. The summed E-state index contributed by atoms with van der Waals surface area (Å²) >= 11 is 0. The van der Waals surface area contributed by atoms with E-state index in [0.29, 0.717) is 6.42 Å². The van der Waals surface area contributed by atoms with Gasteiger partial charge in [0.1, 0.15) is 0 Å². The second kappa shape index (κ2) is 3.47. The lowest BCUT2D eigenvalue weighted by molar-refractivity contribution is -0.149. The summed E-state index contributed by atoms with van der Waals surface area (Å²) in [4.78, 5) is 33.9. The zero-order valence-electron chi connectivity index (χ0n) is 7.00. The smallest absolute Gasteiger partial charge is 0.236 e. The van der Waals surface area contributed by atoms with Gasteiger partial charge in [-0.2, -0.15) is 0 Å². The molecule has 4 heteroatoms. The van der Waals surface area contributed by atoms with Crippen molar-refractivity contribution < 1.29 is 14.4 Å². The van der Waals surface area contributed by atoms with Crippen molar-refractivity contribution in [3.63, 3.8) is 0 Å². The second-order valence-electron chi connectivity index (χ2n) is 2.77. The van der Waals surface area contributed by atoms with Crippen molar-refractivity contribution in [3.05, 3.63) is 0 Å². The molecule has 3 amide bonds. The quantitative estimate of drug-likeness (QED) is 0.564. The Morgan fingerprint density at radius 1 is 1.33 bits per heavy atom. The predicted octanol–water partition coefficient (Wildman–Crippen LogP) is 0.462. The van der Waals surface area contributed by atoms with Gasteiger partial charge in [0.2, 0.25) is 17.7 Å². The SMILES string of the molecule is CCCC(=O)N1C(=O)CCC1=O. The molecule has 0 unspecified atom stereocenters. The van der Waals surface area contributed by atoms with Crippen LogP contribution in [0.15, 0.2) is 0 Å². The average Bonchev–Trinajstić information content (AvgIpc) is 2.32. The number of carbonyl (C=O) groups is 3. The van der Waals surface area contributed by atoms with Crippen LogP contribution in [0.3, 0.4) is 0 Å². The molecule has 1 fully saturated rings. The molecular weight excluding hydrogens is 158 g/mol. The molecule has 0 N–H and O–H groups in total. The van der Waals surface area contributed by atoms with Crippen LogP contribution in [-0.2, 0) is 14.4 Å². The third-order valence-corrected chi connectivity index (χ3v) is 1.76. The minimum Gasteiger partial charge on any atom is -0.274 e. The molecular formula is C8H11NO3. The molecule has 1 aliphatic heterocycles. The number of hydrogen-bond donors (Lipinski definition) is 0. The number of hydrogen-bond acceptors (Lipinski definition) is 3. The maximum atomic E-state index is 11.2. The molecule has 1 aliphatic rings. The number of imide groups is 3.